The molecule has 0 aliphatic rings. The molecule has 2 amide bonds. The topological polar surface area (TPSA) is 105 Å². The van der Waals surface area contributed by atoms with Gasteiger partial charge in [0.05, 0.1) is 18.4 Å². The summed E-state index contributed by atoms with van der Waals surface area (Å²) in [6, 6.07) is 16.2. The van der Waals surface area contributed by atoms with E-state index in [4.69, 9.17) is 4.74 Å². The number of carbonyl (C=O) groups is 3. The lowest BCUT2D eigenvalue weighted by atomic mass is 10.1. The first kappa shape index (κ1) is 20.8. The van der Waals surface area contributed by atoms with Crippen molar-refractivity contribution in [2.24, 2.45) is 0 Å². The van der Waals surface area contributed by atoms with Crippen LogP contribution in [0.4, 0.5) is 5.69 Å². The third kappa shape index (κ3) is 5.12. The van der Waals surface area contributed by atoms with Gasteiger partial charge in [0.2, 0.25) is 0 Å². The molecule has 0 aliphatic carbocycles. The van der Waals surface area contributed by atoms with Crippen LogP contribution in [0, 0.1) is 0 Å². The van der Waals surface area contributed by atoms with E-state index in [0.29, 0.717) is 11.3 Å². The molecule has 3 rings (SSSR count). The number of amides is 2. The Morgan fingerprint density at radius 3 is 2.40 bits per heavy atom. The molecule has 3 aromatic rings. The van der Waals surface area contributed by atoms with Gasteiger partial charge in [-0.25, -0.2) is 4.79 Å². The Balaban J connectivity index is 1.90. The van der Waals surface area contributed by atoms with Crippen LogP contribution >= 0.6 is 11.3 Å². The number of hydrogen-bond acceptors (Lipinski definition) is 5. The molecule has 7 nitrogen and oxygen atoms in total. The van der Waals surface area contributed by atoms with Crippen molar-refractivity contribution in [1.82, 2.24) is 5.32 Å². The minimum absolute atomic E-state index is 0.00841. The fourth-order valence-corrected chi connectivity index (χ4v) is 3.24. The third-order valence-corrected chi connectivity index (χ3v) is 4.87. The number of ether oxygens (including phenoxy) is 1. The first-order valence-corrected chi connectivity index (χ1v) is 9.70. The van der Waals surface area contributed by atoms with Crippen molar-refractivity contribution in [3.8, 4) is 5.75 Å². The summed E-state index contributed by atoms with van der Waals surface area (Å²) >= 11 is 1.40. The molecule has 8 heteroatoms. The molecule has 3 N–H and O–H groups in total. The number of anilines is 1. The summed E-state index contributed by atoms with van der Waals surface area (Å²) in [5.74, 6) is -1.91. The van der Waals surface area contributed by atoms with Crippen molar-refractivity contribution in [2.75, 3.05) is 12.4 Å². The van der Waals surface area contributed by atoms with Gasteiger partial charge in [0.1, 0.15) is 11.4 Å². The molecule has 0 spiro atoms. The van der Waals surface area contributed by atoms with Gasteiger partial charge in [0.25, 0.3) is 11.8 Å². The van der Waals surface area contributed by atoms with Crippen LogP contribution < -0.4 is 15.4 Å². The Labute approximate surface area is 176 Å². The van der Waals surface area contributed by atoms with E-state index in [0.717, 1.165) is 4.88 Å². The van der Waals surface area contributed by atoms with Crippen molar-refractivity contribution in [1.29, 1.82) is 0 Å². The highest BCUT2D eigenvalue weighted by molar-refractivity contribution is 7.10. The number of aromatic carboxylic acids is 1. The predicted molar refractivity (Wildman–Crippen MR) is 115 cm³/mol. The Bertz CT molecular complexity index is 1090. The number of thiophene rings is 1. The number of rotatable bonds is 7. The van der Waals surface area contributed by atoms with Crippen LogP contribution in [0.25, 0.3) is 6.08 Å². The Kier molecular flexibility index (Phi) is 6.61. The predicted octanol–water partition coefficient (Wildman–Crippen LogP) is 3.86. The first-order chi connectivity index (χ1) is 14.5. The van der Waals surface area contributed by atoms with Crippen LogP contribution in [0.5, 0.6) is 5.75 Å². The zero-order valence-electron chi connectivity index (χ0n) is 15.9. The number of hydrogen-bond donors (Lipinski definition) is 3. The molecular formula is C22H18N2O5S. The van der Waals surface area contributed by atoms with Crippen molar-refractivity contribution in [3.05, 3.63) is 87.7 Å². The minimum atomic E-state index is -1.14. The molecule has 0 unspecified atom stereocenters. The van der Waals surface area contributed by atoms with Crippen LogP contribution in [0.3, 0.4) is 0 Å². The molecule has 0 fully saturated rings. The van der Waals surface area contributed by atoms with Crippen LogP contribution in [-0.2, 0) is 4.79 Å². The smallest absolute Gasteiger partial charge is 0.335 e. The molecule has 0 bridgehead atoms. The number of carbonyl (C=O) groups excluding carboxylic acids is 2. The number of carboxylic acid groups (broad SMARTS) is 1. The quantitative estimate of drug-likeness (QED) is 0.502. The fraction of sp³-hybridized carbons (Fsp3) is 0.0455. The molecular weight excluding hydrogens is 404 g/mol. The summed E-state index contributed by atoms with van der Waals surface area (Å²) in [6.07, 6.45) is 1.55. The van der Waals surface area contributed by atoms with Crippen LogP contribution in [0.1, 0.15) is 25.6 Å². The van der Waals surface area contributed by atoms with E-state index in [1.807, 2.05) is 11.4 Å². The molecule has 0 saturated heterocycles. The largest absolute Gasteiger partial charge is 0.495 e. The van der Waals surface area contributed by atoms with E-state index in [2.05, 4.69) is 10.6 Å². The van der Waals surface area contributed by atoms with E-state index >= 15 is 0 Å². The van der Waals surface area contributed by atoms with Crippen LogP contribution in [-0.4, -0.2) is 30.0 Å². The average molecular weight is 422 g/mol. The standard InChI is InChI=1S/C22H18N2O5S/c1-29-19-10-9-15(22(27)28)12-17(19)23-21(26)18(13-16-8-5-11-30-16)24-20(25)14-6-3-2-4-7-14/h2-13H,1H3,(H,23,26)(H,24,25)(H,27,28). The highest BCUT2D eigenvalue weighted by Crippen LogP contribution is 2.26. The highest BCUT2D eigenvalue weighted by atomic mass is 32.1. The Morgan fingerprint density at radius 1 is 1.00 bits per heavy atom. The second kappa shape index (κ2) is 9.53. The molecule has 1 heterocycles. The lowest BCUT2D eigenvalue weighted by molar-refractivity contribution is -0.113. The second-order valence-corrected chi connectivity index (χ2v) is 7.05. The zero-order valence-corrected chi connectivity index (χ0v) is 16.7. The molecule has 0 aliphatic heterocycles. The van der Waals surface area contributed by atoms with Crippen molar-refractivity contribution in [3.63, 3.8) is 0 Å². The Hall–Kier alpha value is -3.91. The molecule has 30 heavy (non-hydrogen) atoms. The monoisotopic (exact) mass is 422 g/mol. The van der Waals surface area contributed by atoms with Gasteiger partial charge in [-0.15, -0.1) is 11.3 Å². The van der Waals surface area contributed by atoms with Gasteiger partial charge >= 0.3 is 5.97 Å². The summed E-state index contributed by atoms with van der Waals surface area (Å²) < 4.78 is 5.20. The highest BCUT2D eigenvalue weighted by Gasteiger charge is 2.18. The number of methoxy groups -OCH3 is 1. The molecule has 2 aromatic carbocycles. The van der Waals surface area contributed by atoms with Gasteiger partial charge < -0.3 is 20.5 Å². The second-order valence-electron chi connectivity index (χ2n) is 6.07. The molecule has 0 radical (unpaired) electrons. The van der Waals surface area contributed by atoms with E-state index < -0.39 is 17.8 Å². The van der Waals surface area contributed by atoms with Crippen molar-refractivity contribution < 1.29 is 24.2 Å². The molecule has 1 aromatic heterocycles. The number of benzene rings is 2. The summed E-state index contributed by atoms with van der Waals surface area (Å²) in [5.41, 5.74) is 0.568. The lowest BCUT2D eigenvalue weighted by Crippen LogP contribution is -2.30. The Morgan fingerprint density at radius 2 is 1.77 bits per heavy atom. The van der Waals surface area contributed by atoms with E-state index in [-0.39, 0.29) is 16.9 Å². The molecule has 0 saturated carbocycles. The van der Waals surface area contributed by atoms with Gasteiger partial charge in [0.15, 0.2) is 0 Å². The van der Waals surface area contributed by atoms with E-state index in [1.165, 1.54) is 36.6 Å². The van der Waals surface area contributed by atoms with Crippen LogP contribution in [0.15, 0.2) is 71.7 Å². The molecule has 0 atom stereocenters. The van der Waals surface area contributed by atoms with E-state index in [1.54, 1.807) is 42.5 Å². The van der Waals surface area contributed by atoms with Gasteiger partial charge in [0, 0.05) is 10.4 Å². The number of nitrogens with one attached hydrogen (secondary N) is 2. The number of carboxylic acids is 1. The normalized spacial score (nSPS) is 10.9. The lowest BCUT2D eigenvalue weighted by Gasteiger charge is -2.14. The average Bonchev–Trinajstić information content (AvgIpc) is 3.27. The SMILES string of the molecule is COc1ccc(C(=O)O)cc1NC(=O)C(=Cc1cccs1)NC(=O)c1ccccc1. The van der Waals surface area contributed by atoms with Gasteiger partial charge in [-0.1, -0.05) is 24.3 Å². The third-order valence-electron chi connectivity index (χ3n) is 4.05. The fourth-order valence-electron chi connectivity index (χ4n) is 2.59. The first-order valence-electron chi connectivity index (χ1n) is 8.82. The maximum Gasteiger partial charge on any atom is 0.335 e. The summed E-state index contributed by atoms with van der Waals surface area (Å²) in [4.78, 5) is 37.6. The summed E-state index contributed by atoms with van der Waals surface area (Å²) in [6.45, 7) is 0. The summed E-state index contributed by atoms with van der Waals surface area (Å²) in [5, 5.41) is 16.3. The summed E-state index contributed by atoms with van der Waals surface area (Å²) in [7, 11) is 1.41. The van der Waals surface area contributed by atoms with Gasteiger partial charge in [-0.3, -0.25) is 9.59 Å². The van der Waals surface area contributed by atoms with Gasteiger partial charge in [-0.2, -0.15) is 0 Å². The molecule has 152 valence electrons. The van der Waals surface area contributed by atoms with Crippen LogP contribution in [0.2, 0.25) is 0 Å². The van der Waals surface area contributed by atoms with Crippen molar-refractivity contribution in [2.45, 2.75) is 0 Å². The maximum absolute atomic E-state index is 13.0. The van der Waals surface area contributed by atoms with Gasteiger partial charge in [-0.05, 0) is 47.9 Å². The van der Waals surface area contributed by atoms with Crippen molar-refractivity contribution >= 4 is 40.9 Å². The maximum atomic E-state index is 13.0. The zero-order chi connectivity index (χ0) is 21.5. The minimum Gasteiger partial charge on any atom is -0.495 e. The van der Waals surface area contributed by atoms with E-state index in [9.17, 15) is 19.5 Å².